The Balaban J connectivity index is 1.38. The lowest BCUT2D eigenvalue weighted by atomic mass is 10.0. The molecule has 0 fully saturated rings. The Hall–Kier alpha value is -3.90. The number of anilines is 2. The van der Waals surface area contributed by atoms with Crippen LogP contribution in [0.2, 0.25) is 0 Å². The summed E-state index contributed by atoms with van der Waals surface area (Å²) in [4.78, 5) is 40.3. The van der Waals surface area contributed by atoms with Gasteiger partial charge in [0.1, 0.15) is 5.00 Å². The van der Waals surface area contributed by atoms with Crippen molar-refractivity contribution in [3.8, 4) is 0 Å². The number of fused-ring (bicyclic) bond motifs is 2. The zero-order valence-electron chi connectivity index (χ0n) is 21.5. The summed E-state index contributed by atoms with van der Waals surface area (Å²) in [6.07, 6.45) is 1.55. The molecule has 0 spiro atoms. The first-order valence-electron chi connectivity index (χ1n) is 12.5. The Morgan fingerprint density at radius 3 is 2.44 bits per heavy atom. The second-order valence-corrected chi connectivity index (χ2v) is 12.2. The Kier molecular flexibility index (Phi) is 7.32. The van der Waals surface area contributed by atoms with Crippen molar-refractivity contribution in [2.75, 3.05) is 36.9 Å². The van der Waals surface area contributed by atoms with Gasteiger partial charge in [-0.3, -0.25) is 13.9 Å². The Morgan fingerprint density at radius 1 is 0.974 bits per heavy atom. The van der Waals surface area contributed by atoms with Gasteiger partial charge >= 0.3 is 6.09 Å². The molecule has 10 nitrogen and oxygen atoms in total. The molecule has 0 aliphatic carbocycles. The van der Waals surface area contributed by atoms with Crippen LogP contribution in [0.4, 0.5) is 15.5 Å². The molecule has 3 amide bonds. The number of para-hydroxylation sites is 1. The van der Waals surface area contributed by atoms with Gasteiger partial charge < -0.3 is 20.3 Å². The van der Waals surface area contributed by atoms with E-state index in [4.69, 9.17) is 4.74 Å². The summed E-state index contributed by atoms with van der Waals surface area (Å²) >= 11 is 1.24. The Bertz CT molecular complexity index is 1550. The summed E-state index contributed by atoms with van der Waals surface area (Å²) in [7, 11) is -0.976. The molecule has 2 aliphatic rings. The molecule has 204 valence electrons. The van der Waals surface area contributed by atoms with E-state index in [-0.39, 0.29) is 22.9 Å². The van der Waals surface area contributed by atoms with Crippen LogP contribution in [0.3, 0.4) is 0 Å². The zero-order valence-corrected chi connectivity index (χ0v) is 23.2. The van der Waals surface area contributed by atoms with Crippen molar-refractivity contribution in [3.05, 3.63) is 75.7 Å². The number of methoxy groups -OCH3 is 1. The first-order valence-corrected chi connectivity index (χ1v) is 14.7. The van der Waals surface area contributed by atoms with Crippen molar-refractivity contribution in [1.29, 1.82) is 0 Å². The van der Waals surface area contributed by atoms with E-state index < -0.39 is 22.0 Å². The largest absolute Gasteiger partial charge is 0.453 e. The fourth-order valence-corrected chi connectivity index (χ4v) is 7.77. The van der Waals surface area contributed by atoms with Crippen molar-refractivity contribution in [3.63, 3.8) is 0 Å². The number of sulfonamides is 1. The molecule has 12 heteroatoms. The second-order valence-electron chi connectivity index (χ2n) is 9.22. The molecule has 3 aromatic rings. The molecule has 5 rings (SSSR count). The van der Waals surface area contributed by atoms with Crippen LogP contribution in [-0.2, 0) is 34.1 Å². The van der Waals surface area contributed by atoms with Gasteiger partial charge in [-0.2, -0.15) is 0 Å². The van der Waals surface area contributed by atoms with Crippen LogP contribution < -0.4 is 14.9 Å². The number of carbonyl (C=O) groups excluding carboxylic acids is 3. The van der Waals surface area contributed by atoms with Crippen LogP contribution in [0.1, 0.15) is 43.1 Å². The number of ether oxygens (including phenoxy) is 1. The van der Waals surface area contributed by atoms with Gasteiger partial charge in [-0.15, -0.1) is 11.3 Å². The third-order valence-electron chi connectivity index (χ3n) is 6.94. The maximum absolute atomic E-state index is 13.4. The van der Waals surface area contributed by atoms with Crippen molar-refractivity contribution in [1.82, 2.24) is 10.2 Å². The average Bonchev–Trinajstić information content (AvgIpc) is 3.32. The molecule has 0 atom stereocenters. The van der Waals surface area contributed by atoms with Gasteiger partial charge in [-0.25, -0.2) is 13.2 Å². The van der Waals surface area contributed by atoms with Crippen molar-refractivity contribution < 1.29 is 27.5 Å². The first-order chi connectivity index (χ1) is 18.7. The molecular formula is C27H28N4O6S2. The maximum Gasteiger partial charge on any atom is 0.409 e. The molecule has 39 heavy (non-hydrogen) atoms. The smallest absolute Gasteiger partial charge is 0.409 e. The quantitative estimate of drug-likeness (QED) is 0.484. The Labute approximate surface area is 230 Å². The number of amides is 3. The Morgan fingerprint density at radius 2 is 1.72 bits per heavy atom. The molecule has 0 radical (unpaired) electrons. The fraction of sp³-hybridized carbons (Fsp3) is 0.296. The summed E-state index contributed by atoms with van der Waals surface area (Å²) in [6, 6.07) is 13.2. The number of carbonyl (C=O) groups is 3. The summed E-state index contributed by atoms with van der Waals surface area (Å²) in [5.74, 6) is -0.812. The SMILES string of the molecule is CNC(=O)c1c(NC(=O)c2ccc(S(=O)(=O)N3CCCc4ccccc43)cc2)sc2c1CCN(C(=O)OC)C2. The van der Waals surface area contributed by atoms with Crippen LogP contribution in [-0.4, -0.2) is 58.5 Å². The zero-order chi connectivity index (χ0) is 27.7. The highest BCUT2D eigenvalue weighted by atomic mass is 32.2. The van der Waals surface area contributed by atoms with Gasteiger partial charge in [0.25, 0.3) is 21.8 Å². The summed E-state index contributed by atoms with van der Waals surface area (Å²) in [5.41, 5.74) is 3.08. The van der Waals surface area contributed by atoms with Crippen LogP contribution in [0, 0.1) is 0 Å². The van der Waals surface area contributed by atoms with Crippen molar-refractivity contribution >= 4 is 50.0 Å². The fourth-order valence-electron chi connectivity index (χ4n) is 4.97. The van der Waals surface area contributed by atoms with Gasteiger partial charge in [-0.05, 0) is 60.7 Å². The minimum atomic E-state index is -3.81. The lowest BCUT2D eigenvalue weighted by Crippen LogP contribution is -2.35. The molecule has 2 aliphatic heterocycles. The number of hydrogen-bond donors (Lipinski definition) is 2. The molecule has 2 N–H and O–H groups in total. The summed E-state index contributed by atoms with van der Waals surface area (Å²) < 4.78 is 33.1. The standard InChI is InChI=1S/C27H28N4O6S2/c1-28-25(33)23-20-13-15-30(27(34)37-2)16-22(20)38-26(23)29-24(32)18-9-11-19(12-10-18)39(35,36)31-14-5-7-17-6-3-4-8-21(17)31/h3-4,6,8-12H,5,7,13-16H2,1-2H3,(H,28,33)(H,29,32). The molecule has 0 saturated heterocycles. The lowest BCUT2D eigenvalue weighted by molar-refractivity contribution is 0.0962. The van der Waals surface area contributed by atoms with E-state index in [0.29, 0.717) is 35.8 Å². The number of nitrogens with zero attached hydrogens (tertiary/aromatic N) is 2. The van der Waals surface area contributed by atoms with Crippen LogP contribution in [0.5, 0.6) is 0 Å². The van der Waals surface area contributed by atoms with Crippen molar-refractivity contribution in [2.24, 2.45) is 0 Å². The average molecular weight is 569 g/mol. The number of aryl methyl sites for hydroxylation is 1. The van der Waals surface area contributed by atoms with E-state index in [1.54, 1.807) is 0 Å². The number of rotatable bonds is 5. The molecule has 0 bridgehead atoms. The molecular weight excluding hydrogens is 540 g/mol. The minimum absolute atomic E-state index is 0.0938. The van der Waals surface area contributed by atoms with Crippen LogP contribution >= 0.6 is 11.3 Å². The highest BCUT2D eigenvalue weighted by Crippen LogP contribution is 2.38. The highest BCUT2D eigenvalue weighted by Gasteiger charge is 2.31. The van der Waals surface area contributed by atoms with E-state index in [9.17, 15) is 22.8 Å². The van der Waals surface area contributed by atoms with Gasteiger partial charge in [-0.1, -0.05) is 18.2 Å². The molecule has 2 aromatic carbocycles. The second kappa shape index (κ2) is 10.7. The van der Waals surface area contributed by atoms with Gasteiger partial charge in [0, 0.05) is 30.6 Å². The van der Waals surface area contributed by atoms with E-state index in [2.05, 4.69) is 10.6 Å². The number of nitrogens with one attached hydrogen (secondary N) is 2. The number of thiophene rings is 1. The normalized spacial score (nSPS) is 14.7. The maximum atomic E-state index is 13.4. The molecule has 3 heterocycles. The van der Waals surface area contributed by atoms with E-state index >= 15 is 0 Å². The third kappa shape index (κ3) is 4.97. The predicted octanol–water partition coefficient (Wildman–Crippen LogP) is 3.63. The van der Waals surface area contributed by atoms with E-state index in [1.807, 2.05) is 24.3 Å². The molecule has 1 aromatic heterocycles. The topological polar surface area (TPSA) is 125 Å². The highest BCUT2D eigenvalue weighted by molar-refractivity contribution is 7.92. The number of benzene rings is 2. The molecule has 0 saturated carbocycles. The monoisotopic (exact) mass is 568 g/mol. The minimum Gasteiger partial charge on any atom is -0.453 e. The first kappa shape index (κ1) is 26.7. The van der Waals surface area contributed by atoms with Crippen LogP contribution in [0.25, 0.3) is 0 Å². The van der Waals surface area contributed by atoms with Crippen molar-refractivity contribution in [2.45, 2.75) is 30.7 Å². The van der Waals surface area contributed by atoms with Gasteiger partial charge in [0.15, 0.2) is 0 Å². The van der Waals surface area contributed by atoms with E-state index in [1.165, 1.54) is 59.0 Å². The molecule has 0 unspecified atom stereocenters. The van der Waals surface area contributed by atoms with E-state index in [0.717, 1.165) is 28.8 Å². The van der Waals surface area contributed by atoms with Gasteiger partial charge in [0.05, 0.1) is 29.8 Å². The number of hydrogen-bond acceptors (Lipinski definition) is 7. The summed E-state index contributed by atoms with van der Waals surface area (Å²) in [6.45, 7) is 1.06. The summed E-state index contributed by atoms with van der Waals surface area (Å²) in [5, 5.41) is 5.81. The lowest BCUT2D eigenvalue weighted by Gasteiger charge is -2.30. The predicted molar refractivity (Wildman–Crippen MR) is 148 cm³/mol. The van der Waals surface area contributed by atoms with Crippen LogP contribution in [0.15, 0.2) is 53.4 Å². The third-order valence-corrected chi connectivity index (χ3v) is 9.90. The van der Waals surface area contributed by atoms with Gasteiger partial charge in [0.2, 0.25) is 0 Å².